The molecule has 2 heterocycles. The number of hydrogen-bond donors (Lipinski definition) is 1. The molecular weight excluding hydrogens is 282 g/mol. The summed E-state index contributed by atoms with van der Waals surface area (Å²) in [5.41, 5.74) is 7.39. The number of thiazole rings is 1. The molecule has 21 heavy (non-hydrogen) atoms. The minimum absolute atomic E-state index is 0.0457. The largest absolute Gasteiger partial charge is 0.334 e. The van der Waals surface area contributed by atoms with E-state index in [1.807, 2.05) is 28.5 Å². The first-order valence-electron chi connectivity index (χ1n) is 7.27. The highest BCUT2D eigenvalue weighted by Gasteiger charge is 2.30. The molecule has 0 bridgehead atoms. The molecule has 4 nitrogen and oxygen atoms in total. The molecule has 1 aromatic carbocycles. The number of aromatic nitrogens is 1. The van der Waals surface area contributed by atoms with Crippen LogP contribution in [0.4, 0.5) is 0 Å². The highest BCUT2D eigenvalue weighted by atomic mass is 32.1. The van der Waals surface area contributed by atoms with Gasteiger partial charge in [-0.3, -0.25) is 4.79 Å². The van der Waals surface area contributed by atoms with Gasteiger partial charge in [0.25, 0.3) is 5.91 Å². The second-order valence-electron chi connectivity index (χ2n) is 5.31. The molecule has 1 fully saturated rings. The van der Waals surface area contributed by atoms with Gasteiger partial charge >= 0.3 is 0 Å². The Balaban J connectivity index is 1.72. The van der Waals surface area contributed by atoms with E-state index in [0.717, 1.165) is 30.8 Å². The van der Waals surface area contributed by atoms with Crippen LogP contribution in [0.15, 0.2) is 35.7 Å². The number of hydrogen-bond acceptors (Lipinski definition) is 4. The number of likely N-dealkylation sites (tertiary alicyclic amines) is 1. The van der Waals surface area contributed by atoms with Crippen molar-refractivity contribution in [2.75, 3.05) is 6.54 Å². The maximum absolute atomic E-state index is 12.6. The Morgan fingerprint density at radius 1 is 1.38 bits per heavy atom. The molecule has 1 unspecified atom stereocenters. The number of carbonyl (C=O) groups is 1. The summed E-state index contributed by atoms with van der Waals surface area (Å²) in [6.45, 7) is 1.22. The van der Waals surface area contributed by atoms with Crippen LogP contribution < -0.4 is 5.73 Å². The van der Waals surface area contributed by atoms with Crippen molar-refractivity contribution in [3.63, 3.8) is 0 Å². The lowest BCUT2D eigenvalue weighted by Crippen LogP contribution is -2.37. The van der Waals surface area contributed by atoms with Crippen molar-refractivity contribution in [3.05, 3.63) is 52.0 Å². The molecule has 0 radical (unpaired) electrons. The SMILES string of the molecule is NCc1nc(C(=O)N2CCCC2Cc2ccccc2)cs1. The van der Waals surface area contributed by atoms with Gasteiger partial charge in [0, 0.05) is 24.5 Å². The summed E-state index contributed by atoms with van der Waals surface area (Å²) in [5.74, 6) is 0.0457. The summed E-state index contributed by atoms with van der Waals surface area (Å²) < 4.78 is 0. The standard InChI is InChI=1S/C16H19N3OS/c17-10-15-18-14(11-21-15)16(20)19-8-4-7-13(19)9-12-5-2-1-3-6-12/h1-3,5-6,11,13H,4,7-10,17H2. The van der Waals surface area contributed by atoms with Crippen LogP contribution in [0.25, 0.3) is 0 Å². The third-order valence-electron chi connectivity index (χ3n) is 3.90. The smallest absolute Gasteiger partial charge is 0.273 e. The van der Waals surface area contributed by atoms with E-state index in [0.29, 0.717) is 12.2 Å². The van der Waals surface area contributed by atoms with E-state index >= 15 is 0 Å². The zero-order valence-corrected chi connectivity index (χ0v) is 12.7. The summed E-state index contributed by atoms with van der Waals surface area (Å²) in [7, 11) is 0. The van der Waals surface area contributed by atoms with Crippen LogP contribution in [-0.2, 0) is 13.0 Å². The van der Waals surface area contributed by atoms with Gasteiger partial charge < -0.3 is 10.6 Å². The first kappa shape index (κ1) is 14.2. The van der Waals surface area contributed by atoms with Crippen molar-refractivity contribution in [2.24, 2.45) is 5.73 Å². The van der Waals surface area contributed by atoms with Gasteiger partial charge in [0.05, 0.1) is 0 Å². The van der Waals surface area contributed by atoms with Crippen LogP contribution in [-0.4, -0.2) is 28.4 Å². The zero-order valence-electron chi connectivity index (χ0n) is 11.9. The average molecular weight is 301 g/mol. The molecule has 0 aliphatic carbocycles. The minimum atomic E-state index is 0.0457. The number of nitrogens with zero attached hydrogens (tertiary/aromatic N) is 2. The molecule has 5 heteroatoms. The van der Waals surface area contributed by atoms with E-state index in [1.54, 1.807) is 0 Å². The van der Waals surface area contributed by atoms with Crippen molar-refractivity contribution < 1.29 is 4.79 Å². The minimum Gasteiger partial charge on any atom is -0.334 e. The lowest BCUT2D eigenvalue weighted by Gasteiger charge is -2.24. The second-order valence-corrected chi connectivity index (χ2v) is 6.26. The number of amides is 1. The Kier molecular flexibility index (Phi) is 4.31. The van der Waals surface area contributed by atoms with Gasteiger partial charge in [0.2, 0.25) is 0 Å². The molecule has 1 aliphatic rings. The summed E-state index contributed by atoms with van der Waals surface area (Å²) in [4.78, 5) is 18.9. The van der Waals surface area contributed by atoms with Gasteiger partial charge in [0.1, 0.15) is 10.7 Å². The van der Waals surface area contributed by atoms with Gasteiger partial charge in [-0.05, 0) is 24.8 Å². The normalized spacial score (nSPS) is 18.1. The van der Waals surface area contributed by atoms with Crippen LogP contribution in [0, 0.1) is 0 Å². The Hall–Kier alpha value is -1.72. The first-order chi connectivity index (χ1) is 10.3. The van der Waals surface area contributed by atoms with E-state index in [1.165, 1.54) is 16.9 Å². The van der Waals surface area contributed by atoms with Crippen molar-refractivity contribution in [3.8, 4) is 0 Å². The fourth-order valence-corrected chi connectivity index (χ4v) is 3.50. The molecule has 1 aliphatic heterocycles. The van der Waals surface area contributed by atoms with E-state index in [2.05, 4.69) is 17.1 Å². The van der Waals surface area contributed by atoms with E-state index < -0.39 is 0 Å². The lowest BCUT2D eigenvalue weighted by molar-refractivity contribution is 0.0731. The number of rotatable bonds is 4. The summed E-state index contributed by atoms with van der Waals surface area (Å²) in [5, 5.41) is 2.64. The molecule has 0 saturated carbocycles. The van der Waals surface area contributed by atoms with E-state index in [9.17, 15) is 4.79 Å². The van der Waals surface area contributed by atoms with Gasteiger partial charge in [-0.2, -0.15) is 0 Å². The molecule has 1 aromatic heterocycles. The second kappa shape index (κ2) is 6.37. The Labute approximate surface area is 128 Å². The molecule has 2 N–H and O–H groups in total. The van der Waals surface area contributed by atoms with Gasteiger partial charge in [0.15, 0.2) is 0 Å². The van der Waals surface area contributed by atoms with Crippen LogP contribution >= 0.6 is 11.3 Å². The molecule has 2 aromatic rings. The van der Waals surface area contributed by atoms with Crippen molar-refractivity contribution in [2.45, 2.75) is 31.8 Å². The monoisotopic (exact) mass is 301 g/mol. The molecule has 1 atom stereocenters. The highest BCUT2D eigenvalue weighted by Crippen LogP contribution is 2.24. The lowest BCUT2D eigenvalue weighted by atomic mass is 10.0. The Morgan fingerprint density at radius 3 is 2.90 bits per heavy atom. The summed E-state index contributed by atoms with van der Waals surface area (Å²) in [6.07, 6.45) is 3.05. The maximum atomic E-state index is 12.6. The fraction of sp³-hybridized carbons (Fsp3) is 0.375. The molecule has 1 amide bonds. The quantitative estimate of drug-likeness (QED) is 0.943. The summed E-state index contributed by atoms with van der Waals surface area (Å²) >= 11 is 1.46. The maximum Gasteiger partial charge on any atom is 0.273 e. The Morgan fingerprint density at radius 2 is 2.19 bits per heavy atom. The number of carbonyl (C=O) groups excluding carboxylic acids is 1. The zero-order chi connectivity index (χ0) is 14.7. The van der Waals surface area contributed by atoms with Gasteiger partial charge in [-0.1, -0.05) is 30.3 Å². The van der Waals surface area contributed by atoms with Crippen molar-refractivity contribution >= 4 is 17.2 Å². The van der Waals surface area contributed by atoms with Crippen LogP contribution in [0.2, 0.25) is 0 Å². The first-order valence-corrected chi connectivity index (χ1v) is 8.15. The number of benzene rings is 1. The topological polar surface area (TPSA) is 59.2 Å². The number of nitrogens with two attached hydrogens (primary N) is 1. The molecular formula is C16H19N3OS. The third-order valence-corrected chi connectivity index (χ3v) is 4.77. The van der Waals surface area contributed by atoms with Crippen LogP contribution in [0.1, 0.15) is 33.9 Å². The van der Waals surface area contributed by atoms with Crippen molar-refractivity contribution in [1.82, 2.24) is 9.88 Å². The van der Waals surface area contributed by atoms with Gasteiger partial charge in [-0.25, -0.2) is 4.98 Å². The van der Waals surface area contributed by atoms with E-state index in [4.69, 9.17) is 5.73 Å². The van der Waals surface area contributed by atoms with Crippen LogP contribution in [0.3, 0.4) is 0 Å². The summed E-state index contributed by atoms with van der Waals surface area (Å²) in [6, 6.07) is 10.6. The Bertz CT molecular complexity index is 611. The predicted octanol–water partition coefficient (Wildman–Crippen LogP) is 2.45. The molecule has 110 valence electrons. The fourth-order valence-electron chi connectivity index (χ4n) is 2.85. The molecule has 0 spiro atoms. The average Bonchev–Trinajstić information content (AvgIpc) is 3.16. The van der Waals surface area contributed by atoms with Crippen molar-refractivity contribution in [1.29, 1.82) is 0 Å². The van der Waals surface area contributed by atoms with E-state index in [-0.39, 0.29) is 11.9 Å². The predicted molar refractivity (Wildman–Crippen MR) is 84.2 cm³/mol. The molecule has 1 saturated heterocycles. The van der Waals surface area contributed by atoms with Crippen LogP contribution in [0.5, 0.6) is 0 Å². The van der Waals surface area contributed by atoms with Gasteiger partial charge in [-0.15, -0.1) is 11.3 Å². The highest BCUT2D eigenvalue weighted by molar-refractivity contribution is 7.09. The third kappa shape index (κ3) is 3.14. The molecule has 3 rings (SSSR count).